The summed E-state index contributed by atoms with van der Waals surface area (Å²) in [6.45, 7) is 7.59. The maximum absolute atomic E-state index is 12.5. The molecule has 3 rings (SSSR count). The molecule has 2 atom stereocenters. The molecule has 0 fully saturated rings. The number of aromatic nitrogens is 2. The second-order valence-electron chi connectivity index (χ2n) is 6.84. The van der Waals surface area contributed by atoms with Gasteiger partial charge in [-0.3, -0.25) is 14.8 Å². The van der Waals surface area contributed by atoms with E-state index in [2.05, 4.69) is 46.4 Å². The quantitative estimate of drug-likeness (QED) is 0.850. The lowest BCUT2D eigenvalue weighted by Crippen LogP contribution is -2.44. The zero-order chi connectivity index (χ0) is 17.8. The molecule has 2 aromatic rings. The van der Waals surface area contributed by atoms with Crippen molar-refractivity contribution in [2.24, 2.45) is 0 Å². The third-order valence-corrected chi connectivity index (χ3v) is 5.12. The van der Waals surface area contributed by atoms with Crippen LogP contribution in [-0.2, 0) is 24.3 Å². The SMILES string of the molecule is CCn1ncc2c1CCC[C@@H]2N[C@@H](C)C(=O)NCc1ccccc1C. The van der Waals surface area contributed by atoms with Crippen LogP contribution in [0.3, 0.4) is 0 Å². The van der Waals surface area contributed by atoms with E-state index in [0.29, 0.717) is 6.54 Å². The maximum atomic E-state index is 12.5. The first-order valence-electron chi connectivity index (χ1n) is 9.23. The predicted molar refractivity (Wildman–Crippen MR) is 99.2 cm³/mol. The lowest BCUT2D eigenvalue weighted by atomic mass is 9.92. The van der Waals surface area contributed by atoms with Crippen LogP contribution in [0.5, 0.6) is 0 Å². The number of nitrogens with zero attached hydrogens (tertiary/aromatic N) is 2. The molecule has 2 N–H and O–H groups in total. The molecular weight excluding hydrogens is 312 g/mol. The van der Waals surface area contributed by atoms with Crippen LogP contribution in [0.4, 0.5) is 0 Å². The Bertz CT molecular complexity index is 737. The van der Waals surface area contributed by atoms with Gasteiger partial charge in [0, 0.05) is 30.4 Å². The Morgan fingerprint density at radius 2 is 2.20 bits per heavy atom. The fourth-order valence-corrected chi connectivity index (χ4v) is 3.59. The first kappa shape index (κ1) is 17.7. The second kappa shape index (κ2) is 7.83. The number of fused-ring (bicyclic) bond motifs is 1. The number of carbonyl (C=O) groups is 1. The molecule has 1 aliphatic carbocycles. The van der Waals surface area contributed by atoms with Crippen molar-refractivity contribution in [3.05, 3.63) is 52.8 Å². The Morgan fingerprint density at radius 1 is 1.40 bits per heavy atom. The summed E-state index contributed by atoms with van der Waals surface area (Å²) in [7, 11) is 0. The van der Waals surface area contributed by atoms with E-state index in [0.717, 1.165) is 31.4 Å². The van der Waals surface area contributed by atoms with Gasteiger partial charge in [-0.2, -0.15) is 5.10 Å². The van der Waals surface area contributed by atoms with Gasteiger partial charge in [-0.25, -0.2) is 0 Å². The van der Waals surface area contributed by atoms with Gasteiger partial charge in [-0.1, -0.05) is 24.3 Å². The average Bonchev–Trinajstić information content (AvgIpc) is 3.05. The molecule has 1 aliphatic rings. The van der Waals surface area contributed by atoms with E-state index in [1.54, 1.807) is 0 Å². The zero-order valence-electron chi connectivity index (χ0n) is 15.4. The largest absolute Gasteiger partial charge is 0.351 e. The van der Waals surface area contributed by atoms with Crippen molar-refractivity contribution in [1.29, 1.82) is 0 Å². The Morgan fingerprint density at radius 3 is 2.96 bits per heavy atom. The number of amides is 1. The van der Waals surface area contributed by atoms with E-state index in [-0.39, 0.29) is 18.0 Å². The van der Waals surface area contributed by atoms with Crippen molar-refractivity contribution in [2.45, 2.75) is 65.2 Å². The van der Waals surface area contributed by atoms with Crippen LogP contribution in [0.15, 0.2) is 30.5 Å². The van der Waals surface area contributed by atoms with Crippen LogP contribution in [0.1, 0.15) is 55.1 Å². The molecule has 0 bridgehead atoms. The normalized spacial score (nSPS) is 17.8. The minimum Gasteiger partial charge on any atom is -0.351 e. The summed E-state index contributed by atoms with van der Waals surface area (Å²) in [6.07, 6.45) is 5.23. The fourth-order valence-electron chi connectivity index (χ4n) is 3.59. The fraction of sp³-hybridized carbons (Fsp3) is 0.500. The molecule has 25 heavy (non-hydrogen) atoms. The summed E-state index contributed by atoms with van der Waals surface area (Å²) in [5, 5.41) is 11.0. The number of aryl methyl sites for hydroxylation is 2. The van der Waals surface area contributed by atoms with Crippen LogP contribution < -0.4 is 10.6 Å². The van der Waals surface area contributed by atoms with E-state index >= 15 is 0 Å². The number of hydrogen-bond donors (Lipinski definition) is 2. The third kappa shape index (κ3) is 3.93. The summed E-state index contributed by atoms with van der Waals surface area (Å²) in [5.41, 5.74) is 4.94. The monoisotopic (exact) mass is 340 g/mol. The van der Waals surface area contributed by atoms with Gasteiger partial charge in [0.15, 0.2) is 0 Å². The average molecular weight is 340 g/mol. The molecule has 1 heterocycles. The minimum absolute atomic E-state index is 0.0401. The molecule has 1 amide bonds. The number of carbonyl (C=O) groups excluding carboxylic acids is 1. The summed E-state index contributed by atoms with van der Waals surface area (Å²) < 4.78 is 2.08. The Hall–Kier alpha value is -2.14. The number of nitrogens with one attached hydrogen (secondary N) is 2. The van der Waals surface area contributed by atoms with E-state index in [1.165, 1.54) is 16.8 Å². The van der Waals surface area contributed by atoms with Gasteiger partial charge < -0.3 is 5.32 Å². The van der Waals surface area contributed by atoms with Crippen molar-refractivity contribution in [1.82, 2.24) is 20.4 Å². The highest BCUT2D eigenvalue weighted by molar-refractivity contribution is 5.81. The highest BCUT2D eigenvalue weighted by atomic mass is 16.2. The van der Waals surface area contributed by atoms with Crippen molar-refractivity contribution in [3.63, 3.8) is 0 Å². The number of hydrogen-bond acceptors (Lipinski definition) is 3. The predicted octanol–water partition coefficient (Wildman–Crippen LogP) is 2.88. The van der Waals surface area contributed by atoms with Crippen molar-refractivity contribution >= 4 is 5.91 Å². The topological polar surface area (TPSA) is 59.0 Å². The Balaban J connectivity index is 1.59. The standard InChI is InChI=1S/C20H28N4O/c1-4-24-19-11-7-10-18(17(19)13-22-24)23-15(3)20(25)21-12-16-9-6-5-8-14(16)2/h5-6,8-9,13,15,18,23H,4,7,10-12H2,1-3H3,(H,21,25)/t15-,18-/m0/s1. The van der Waals surface area contributed by atoms with Crippen molar-refractivity contribution in [2.75, 3.05) is 0 Å². The van der Waals surface area contributed by atoms with E-state index < -0.39 is 0 Å². The number of rotatable bonds is 6. The van der Waals surface area contributed by atoms with E-state index in [1.807, 2.05) is 25.3 Å². The van der Waals surface area contributed by atoms with Crippen LogP contribution in [0.2, 0.25) is 0 Å². The summed E-state index contributed by atoms with van der Waals surface area (Å²) >= 11 is 0. The first-order chi connectivity index (χ1) is 12.1. The van der Waals surface area contributed by atoms with Gasteiger partial charge in [0.2, 0.25) is 5.91 Å². The molecule has 134 valence electrons. The van der Waals surface area contributed by atoms with Crippen molar-refractivity contribution in [3.8, 4) is 0 Å². The molecule has 0 saturated carbocycles. The Labute approximate surface area is 149 Å². The molecule has 1 aromatic heterocycles. The lowest BCUT2D eigenvalue weighted by molar-refractivity contribution is -0.123. The lowest BCUT2D eigenvalue weighted by Gasteiger charge is -2.27. The van der Waals surface area contributed by atoms with Gasteiger partial charge in [-0.05, 0) is 51.2 Å². The summed E-state index contributed by atoms with van der Waals surface area (Å²) in [4.78, 5) is 12.5. The molecule has 0 unspecified atom stereocenters. The van der Waals surface area contributed by atoms with Crippen molar-refractivity contribution < 1.29 is 4.79 Å². The minimum atomic E-state index is -0.232. The smallest absolute Gasteiger partial charge is 0.237 e. The molecule has 5 nitrogen and oxygen atoms in total. The highest BCUT2D eigenvalue weighted by Gasteiger charge is 2.26. The third-order valence-electron chi connectivity index (χ3n) is 5.12. The first-order valence-corrected chi connectivity index (χ1v) is 9.23. The molecule has 0 radical (unpaired) electrons. The van der Waals surface area contributed by atoms with E-state index in [9.17, 15) is 4.79 Å². The maximum Gasteiger partial charge on any atom is 0.237 e. The van der Waals surface area contributed by atoms with E-state index in [4.69, 9.17) is 0 Å². The summed E-state index contributed by atoms with van der Waals surface area (Å²) in [6, 6.07) is 8.12. The highest BCUT2D eigenvalue weighted by Crippen LogP contribution is 2.29. The van der Waals surface area contributed by atoms with Crippen LogP contribution in [0.25, 0.3) is 0 Å². The van der Waals surface area contributed by atoms with Gasteiger partial charge >= 0.3 is 0 Å². The second-order valence-corrected chi connectivity index (χ2v) is 6.84. The molecular formula is C20H28N4O. The molecule has 0 aliphatic heterocycles. The zero-order valence-corrected chi connectivity index (χ0v) is 15.4. The van der Waals surface area contributed by atoms with Gasteiger partial charge in [0.25, 0.3) is 0 Å². The van der Waals surface area contributed by atoms with Crippen LogP contribution >= 0.6 is 0 Å². The molecule has 1 aromatic carbocycles. The Kier molecular flexibility index (Phi) is 5.53. The van der Waals surface area contributed by atoms with Gasteiger partial charge in [0.1, 0.15) is 0 Å². The van der Waals surface area contributed by atoms with Gasteiger partial charge in [0.05, 0.1) is 12.2 Å². The van der Waals surface area contributed by atoms with Crippen LogP contribution in [0, 0.1) is 6.92 Å². The van der Waals surface area contributed by atoms with Gasteiger partial charge in [-0.15, -0.1) is 0 Å². The molecule has 5 heteroatoms. The molecule has 0 saturated heterocycles. The van der Waals surface area contributed by atoms with Crippen LogP contribution in [-0.4, -0.2) is 21.7 Å². The summed E-state index contributed by atoms with van der Waals surface area (Å²) in [5.74, 6) is 0.0401. The number of benzene rings is 1. The molecule has 0 spiro atoms.